The third-order valence-corrected chi connectivity index (χ3v) is 2.41. The minimum absolute atomic E-state index is 0.969. The van der Waals surface area contributed by atoms with Crippen LogP contribution in [0.1, 0.15) is 12.8 Å². The van der Waals surface area contributed by atoms with Crippen molar-refractivity contribution in [3.05, 3.63) is 12.4 Å². The molecule has 1 fully saturated rings. The molecule has 0 radical (unpaired) electrons. The predicted molar refractivity (Wildman–Crippen MR) is 50.0 cm³/mol. The number of rotatable bonds is 0. The summed E-state index contributed by atoms with van der Waals surface area (Å²) < 4.78 is 0. The highest BCUT2D eigenvalue weighted by Gasteiger charge is 2.17. The van der Waals surface area contributed by atoms with E-state index in [-0.39, 0.29) is 0 Å². The molecule has 12 heavy (non-hydrogen) atoms. The van der Waals surface area contributed by atoms with Gasteiger partial charge in [-0.15, -0.1) is 0 Å². The Morgan fingerprint density at radius 2 is 2.08 bits per heavy atom. The molecule has 1 saturated heterocycles. The van der Waals surface area contributed by atoms with E-state index in [4.69, 9.17) is 0 Å². The third kappa shape index (κ3) is 1.44. The summed E-state index contributed by atoms with van der Waals surface area (Å²) in [7, 11) is 2.08. The van der Waals surface area contributed by atoms with Crippen LogP contribution in [0, 0.1) is 0 Å². The van der Waals surface area contributed by atoms with Crippen molar-refractivity contribution >= 4 is 5.84 Å². The largest absolute Gasteiger partial charge is 0.372 e. The van der Waals surface area contributed by atoms with Gasteiger partial charge in [0.25, 0.3) is 0 Å². The van der Waals surface area contributed by atoms with Gasteiger partial charge in [0, 0.05) is 32.5 Å². The lowest BCUT2D eigenvalue weighted by molar-refractivity contribution is 0.446. The van der Waals surface area contributed by atoms with Gasteiger partial charge >= 0.3 is 0 Å². The lowest BCUT2D eigenvalue weighted by atomic mass is 10.4. The quantitative estimate of drug-likeness (QED) is 0.531. The van der Waals surface area contributed by atoms with Crippen LogP contribution in [0.15, 0.2) is 17.4 Å². The van der Waals surface area contributed by atoms with Gasteiger partial charge in [0.15, 0.2) is 0 Å². The molecule has 0 saturated carbocycles. The second-order valence-electron chi connectivity index (χ2n) is 3.45. The monoisotopic (exact) mass is 165 g/mol. The second-order valence-corrected chi connectivity index (χ2v) is 3.45. The molecule has 2 aliphatic rings. The van der Waals surface area contributed by atoms with Crippen molar-refractivity contribution < 1.29 is 0 Å². The van der Waals surface area contributed by atoms with E-state index in [0.717, 1.165) is 6.54 Å². The summed E-state index contributed by atoms with van der Waals surface area (Å²) in [6.45, 7) is 3.36. The molecule has 0 bridgehead atoms. The van der Waals surface area contributed by atoms with Crippen molar-refractivity contribution in [2.24, 2.45) is 4.99 Å². The smallest absolute Gasteiger partial charge is 0.124 e. The van der Waals surface area contributed by atoms with Crippen LogP contribution in [0.5, 0.6) is 0 Å². The van der Waals surface area contributed by atoms with Crippen LogP contribution in [-0.4, -0.2) is 42.3 Å². The Bertz CT molecular complexity index is 214. The summed E-state index contributed by atoms with van der Waals surface area (Å²) in [5, 5.41) is 0. The molecule has 66 valence electrons. The highest BCUT2D eigenvalue weighted by atomic mass is 15.3. The molecular formula is C9H15N3. The van der Waals surface area contributed by atoms with Crippen LogP contribution in [0.2, 0.25) is 0 Å². The molecule has 3 heteroatoms. The van der Waals surface area contributed by atoms with Crippen LogP contribution < -0.4 is 0 Å². The summed E-state index contributed by atoms with van der Waals surface area (Å²) in [6.07, 6.45) is 6.55. The summed E-state index contributed by atoms with van der Waals surface area (Å²) in [6, 6.07) is 0. The molecule has 2 aliphatic heterocycles. The SMILES string of the molecule is CN1C=CN=C(N2CCCC2)C1. The van der Waals surface area contributed by atoms with Crippen molar-refractivity contribution in [2.45, 2.75) is 12.8 Å². The van der Waals surface area contributed by atoms with E-state index in [0.29, 0.717) is 0 Å². The van der Waals surface area contributed by atoms with Crippen molar-refractivity contribution in [1.82, 2.24) is 9.80 Å². The van der Waals surface area contributed by atoms with Gasteiger partial charge in [-0.3, -0.25) is 0 Å². The molecule has 0 spiro atoms. The van der Waals surface area contributed by atoms with E-state index >= 15 is 0 Å². The molecule has 0 N–H and O–H groups in total. The lowest BCUT2D eigenvalue weighted by Crippen LogP contribution is -2.36. The number of aliphatic imine (C=N–C) groups is 1. The van der Waals surface area contributed by atoms with E-state index in [1.165, 1.54) is 31.8 Å². The summed E-state index contributed by atoms with van der Waals surface area (Å²) in [5.41, 5.74) is 0. The number of likely N-dealkylation sites (N-methyl/N-ethyl adjacent to an activating group) is 1. The maximum Gasteiger partial charge on any atom is 0.124 e. The normalized spacial score (nSPS) is 23.2. The zero-order valence-corrected chi connectivity index (χ0v) is 7.53. The molecule has 0 aromatic heterocycles. The highest BCUT2D eigenvalue weighted by Crippen LogP contribution is 2.10. The first kappa shape index (κ1) is 7.65. The highest BCUT2D eigenvalue weighted by molar-refractivity contribution is 5.85. The fourth-order valence-electron chi connectivity index (χ4n) is 1.71. The fourth-order valence-corrected chi connectivity index (χ4v) is 1.71. The minimum Gasteiger partial charge on any atom is -0.372 e. The van der Waals surface area contributed by atoms with Crippen LogP contribution in [0.25, 0.3) is 0 Å². The van der Waals surface area contributed by atoms with Crippen LogP contribution >= 0.6 is 0 Å². The van der Waals surface area contributed by atoms with Crippen LogP contribution in [-0.2, 0) is 0 Å². The minimum atomic E-state index is 0.969. The van der Waals surface area contributed by atoms with Gasteiger partial charge in [-0.05, 0) is 12.8 Å². The average Bonchev–Trinajstić information content (AvgIpc) is 2.56. The molecular weight excluding hydrogens is 150 g/mol. The Morgan fingerprint density at radius 3 is 2.75 bits per heavy atom. The van der Waals surface area contributed by atoms with Crippen LogP contribution in [0.3, 0.4) is 0 Å². The molecule has 0 aliphatic carbocycles. The van der Waals surface area contributed by atoms with Gasteiger partial charge in [-0.2, -0.15) is 0 Å². The number of likely N-dealkylation sites (tertiary alicyclic amines) is 1. The number of amidine groups is 1. The summed E-state index contributed by atoms with van der Waals surface area (Å²) >= 11 is 0. The Balaban J connectivity index is 2.02. The van der Waals surface area contributed by atoms with Gasteiger partial charge in [-0.25, -0.2) is 4.99 Å². The Morgan fingerprint density at radius 1 is 1.33 bits per heavy atom. The summed E-state index contributed by atoms with van der Waals surface area (Å²) in [5.74, 6) is 1.23. The number of hydrogen-bond acceptors (Lipinski definition) is 3. The topological polar surface area (TPSA) is 18.8 Å². The molecule has 0 amide bonds. The second kappa shape index (κ2) is 3.17. The molecule has 2 rings (SSSR count). The van der Waals surface area contributed by atoms with E-state index < -0.39 is 0 Å². The third-order valence-electron chi connectivity index (χ3n) is 2.41. The van der Waals surface area contributed by atoms with Gasteiger partial charge in [0.2, 0.25) is 0 Å². The first-order valence-electron chi connectivity index (χ1n) is 4.55. The van der Waals surface area contributed by atoms with Gasteiger partial charge < -0.3 is 9.80 Å². The summed E-state index contributed by atoms with van der Waals surface area (Å²) in [4.78, 5) is 8.94. The molecule has 0 aromatic carbocycles. The molecule has 0 atom stereocenters. The molecule has 3 nitrogen and oxygen atoms in total. The zero-order chi connectivity index (χ0) is 8.39. The Kier molecular flexibility index (Phi) is 2.02. The van der Waals surface area contributed by atoms with Crippen molar-refractivity contribution in [2.75, 3.05) is 26.7 Å². The first-order chi connectivity index (χ1) is 5.86. The molecule has 0 aromatic rings. The zero-order valence-electron chi connectivity index (χ0n) is 7.53. The van der Waals surface area contributed by atoms with Gasteiger partial charge in [0.1, 0.15) is 5.84 Å². The maximum absolute atomic E-state index is 4.38. The average molecular weight is 165 g/mol. The van der Waals surface area contributed by atoms with E-state index in [1.807, 2.05) is 12.4 Å². The van der Waals surface area contributed by atoms with E-state index in [9.17, 15) is 0 Å². The number of nitrogens with zero attached hydrogens (tertiary/aromatic N) is 3. The Hall–Kier alpha value is -0.990. The first-order valence-corrected chi connectivity index (χ1v) is 4.55. The van der Waals surface area contributed by atoms with E-state index in [1.54, 1.807) is 0 Å². The maximum atomic E-state index is 4.38. The molecule has 2 heterocycles. The van der Waals surface area contributed by atoms with Crippen molar-refractivity contribution in [3.8, 4) is 0 Å². The molecule has 0 unspecified atom stereocenters. The fraction of sp³-hybridized carbons (Fsp3) is 0.667. The van der Waals surface area contributed by atoms with E-state index in [2.05, 4.69) is 21.8 Å². The van der Waals surface area contributed by atoms with Crippen LogP contribution in [0.4, 0.5) is 0 Å². The predicted octanol–water partition coefficient (Wildman–Crippen LogP) is 0.897. The van der Waals surface area contributed by atoms with Crippen molar-refractivity contribution in [1.29, 1.82) is 0 Å². The lowest BCUT2D eigenvalue weighted by Gasteiger charge is -2.25. The Labute approximate surface area is 73.4 Å². The standard InChI is InChI=1S/C9H15N3/c1-11-7-4-10-9(8-11)12-5-2-3-6-12/h4,7H,2-3,5-6,8H2,1H3. The number of hydrogen-bond donors (Lipinski definition) is 0. The van der Waals surface area contributed by atoms with Gasteiger partial charge in [0.05, 0.1) is 6.54 Å². The van der Waals surface area contributed by atoms with Crippen molar-refractivity contribution in [3.63, 3.8) is 0 Å². The van der Waals surface area contributed by atoms with Gasteiger partial charge in [-0.1, -0.05) is 0 Å².